The first-order chi connectivity index (χ1) is 12.1. The van der Waals surface area contributed by atoms with E-state index in [4.69, 9.17) is 9.47 Å². The normalized spacial score (nSPS) is 10.2. The van der Waals surface area contributed by atoms with Crippen LogP contribution in [-0.4, -0.2) is 32.0 Å². The first kappa shape index (κ1) is 19.0. The maximum absolute atomic E-state index is 11.9. The molecule has 0 aliphatic carbocycles. The highest BCUT2D eigenvalue weighted by Crippen LogP contribution is 2.33. The fourth-order valence-electron chi connectivity index (χ4n) is 2.21. The van der Waals surface area contributed by atoms with Gasteiger partial charge >= 0.3 is 0 Å². The van der Waals surface area contributed by atoms with E-state index in [9.17, 15) is 9.59 Å². The number of carbonyl (C=O) groups excluding carboxylic acids is 2. The molecule has 0 aliphatic heterocycles. The summed E-state index contributed by atoms with van der Waals surface area (Å²) in [5.41, 5.74) is 1.62. The van der Waals surface area contributed by atoms with Gasteiger partial charge in [-0.15, -0.1) is 0 Å². The average Bonchev–Trinajstić information content (AvgIpc) is 2.62. The number of carbonyl (C=O) groups is 2. The minimum Gasteiger partial charge on any atom is -0.490 e. The molecule has 0 bridgehead atoms. The van der Waals surface area contributed by atoms with Crippen LogP contribution in [0.2, 0.25) is 0 Å². The highest BCUT2D eigenvalue weighted by molar-refractivity contribution is 9.10. The topological polar surface area (TPSA) is 64.6 Å². The molecule has 5 nitrogen and oxygen atoms in total. The average molecular weight is 406 g/mol. The molecule has 2 aromatic carbocycles. The molecule has 0 fully saturated rings. The van der Waals surface area contributed by atoms with Crippen molar-refractivity contribution in [1.82, 2.24) is 5.32 Å². The van der Waals surface area contributed by atoms with Crippen LogP contribution >= 0.6 is 15.9 Å². The number of rotatable bonds is 9. The minimum absolute atomic E-state index is 0.123. The van der Waals surface area contributed by atoms with Gasteiger partial charge in [-0.2, -0.15) is 0 Å². The highest BCUT2D eigenvalue weighted by atomic mass is 79.9. The fourth-order valence-corrected chi connectivity index (χ4v) is 2.62. The maximum atomic E-state index is 11.9. The second-order valence-corrected chi connectivity index (χ2v) is 6.10. The third kappa shape index (κ3) is 5.90. The van der Waals surface area contributed by atoms with Crippen LogP contribution in [0.1, 0.15) is 22.8 Å². The summed E-state index contributed by atoms with van der Waals surface area (Å²) in [7, 11) is 0. The molecule has 0 aliphatic rings. The van der Waals surface area contributed by atoms with E-state index < -0.39 is 0 Å². The first-order valence-corrected chi connectivity index (χ1v) is 8.78. The van der Waals surface area contributed by atoms with E-state index >= 15 is 0 Å². The number of hydrogen-bond donors (Lipinski definition) is 1. The van der Waals surface area contributed by atoms with Crippen molar-refractivity contribution in [3.8, 4) is 11.5 Å². The quantitative estimate of drug-likeness (QED) is 0.649. The second kappa shape index (κ2) is 9.84. The van der Waals surface area contributed by atoms with Gasteiger partial charge in [0.25, 0.3) is 5.91 Å². The molecule has 0 spiro atoms. The Hall–Kier alpha value is -2.34. The molecule has 1 N–H and O–H groups in total. The van der Waals surface area contributed by atoms with Gasteiger partial charge in [-0.25, -0.2) is 0 Å². The lowest BCUT2D eigenvalue weighted by Crippen LogP contribution is -2.30. The monoisotopic (exact) mass is 405 g/mol. The van der Waals surface area contributed by atoms with Crippen LogP contribution in [0.25, 0.3) is 0 Å². The van der Waals surface area contributed by atoms with Gasteiger partial charge in [0.05, 0.1) is 6.61 Å². The number of benzene rings is 2. The number of amides is 1. The molecule has 2 rings (SSSR count). The largest absolute Gasteiger partial charge is 0.490 e. The second-order valence-electron chi connectivity index (χ2n) is 5.25. The standard InChI is InChI=1S/C19H20BrNO4/c1-2-24-17-10-15(12-22)16(20)11-18(17)25-13-19(23)21-9-8-14-6-4-3-5-7-14/h3-7,10-12H,2,8-9,13H2,1H3,(H,21,23). The third-order valence-electron chi connectivity index (χ3n) is 3.43. The summed E-state index contributed by atoms with van der Waals surface area (Å²) < 4.78 is 11.6. The van der Waals surface area contributed by atoms with Gasteiger partial charge in [0.2, 0.25) is 0 Å². The number of ether oxygens (including phenoxy) is 2. The Bertz CT molecular complexity index is 719. The van der Waals surface area contributed by atoms with Crippen LogP contribution < -0.4 is 14.8 Å². The van der Waals surface area contributed by atoms with Gasteiger partial charge in [-0.05, 0) is 47.0 Å². The SMILES string of the molecule is CCOc1cc(C=O)c(Br)cc1OCC(=O)NCCc1ccccc1. The Morgan fingerprint density at radius 2 is 1.88 bits per heavy atom. The number of nitrogens with one attached hydrogen (secondary N) is 1. The molecule has 132 valence electrons. The lowest BCUT2D eigenvalue weighted by molar-refractivity contribution is -0.123. The molecule has 0 heterocycles. The van der Waals surface area contributed by atoms with Crippen LogP contribution in [0.5, 0.6) is 11.5 Å². The zero-order valence-electron chi connectivity index (χ0n) is 14.0. The molecule has 0 radical (unpaired) electrons. The number of hydrogen-bond acceptors (Lipinski definition) is 4. The zero-order chi connectivity index (χ0) is 18.1. The van der Waals surface area contributed by atoms with Crippen molar-refractivity contribution in [2.24, 2.45) is 0 Å². The van der Waals surface area contributed by atoms with Gasteiger partial charge in [0, 0.05) is 16.6 Å². The van der Waals surface area contributed by atoms with E-state index in [1.54, 1.807) is 12.1 Å². The van der Waals surface area contributed by atoms with Gasteiger partial charge < -0.3 is 14.8 Å². The summed E-state index contributed by atoms with van der Waals surface area (Å²) in [6.07, 6.45) is 1.49. The van der Waals surface area contributed by atoms with Crippen LogP contribution in [-0.2, 0) is 11.2 Å². The summed E-state index contributed by atoms with van der Waals surface area (Å²) in [6, 6.07) is 13.1. The van der Waals surface area contributed by atoms with E-state index in [2.05, 4.69) is 21.2 Å². The summed E-state index contributed by atoms with van der Waals surface area (Å²) in [5.74, 6) is 0.636. The molecule has 0 atom stereocenters. The molecule has 0 saturated carbocycles. The van der Waals surface area contributed by atoms with Crippen molar-refractivity contribution in [2.75, 3.05) is 19.8 Å². The molecule has 0 unspecified atom stereocenters. The summed E-state index contributed by atoms with van der Waals surface area (Å²) in [5, 5.41) is 2.82. The zero-order valence-corrected chi connectivity index (χ0v) is 15.5. The summed E-state index contributed by atoms with van der Waals surface area (Å²) in [4.78, 5) is 22.9. The van der Waals surface area contributed by atoms with Gasteiger partial charge in [-0.3, -0.25) is 9.59 Å². The molecular formula is C19H20BrNO4. The Balaban J connectivity index is 1.88. The van der Waals surface area contributed by atoms with E-state index in [1.807, 2.05) is 37.3 Å². The Labute approximate surface area is 155 Å². The Kier molecular flexibility index (Phi) is 7.47. The number of aldehydes is 1. The predicted octanol–water partition coefficient (Wildman–Crippen LogP) is 3.40. The van der Waals surface area contributed by atoms with Crippen LogP contribution in [0.4, 0.5) is 0 Å². The van der Waals surface area contributed by atoms with Crippen LogP contribution in [0, 0.1) is 0 Å². The Morgan fingerprint density at radius 3 is 2.56 bits per heavy atom. The smallest absolute Gasteiger partial charge is 0.257 e. The maximum Gasteiger partial charge on any atom is 0.257 e. The predicted molar refractivity (Wildman–Crippen MR) is 99.3 cm³/mol. The van der Waals surface area contributed by atoms with Crippen molar-refractivity contribution in [2.45, 2.75) is 13.3 Å². The lowest BCUT2D eigenvalue weighted by atomic mass is 10.1. The van der Waals surface area contributed by atoms with Crippen LogP contribution in [0.3, 0.4) is 0 Å². The molecule has 6 heteroatoms. The van der Waals surface area contributed by atoms with Crippen molar-refractivity contribution < 1.29 is 19.1 Å². The summed E-state index contributed by atoms with van der Waals surface area (Å²) >= 11 is 3.30. The molecule has 0 saturated heterocycles. The molecule has 25 heavy (non-hydrogen) atoms. The fraction of sp³-hybridized carbons (Fsp3) is 0.263. The molecule has 0 aromatic heterocycles. The van der Waals surface area contributed by atoms with Crippen molar-refractivity contribution in [3.63, 3.8) is 0 Å². The highest BCUT2D eigenvalue weighted by Gasteiger charge is 2.12. The van der Waals surface area contributed by atoms with Crippen molar-refractivity contribution >= 4 is 28.1 Å². The van der Waals surface area contributed by atoms with Crippen LogP contribution in [0.15, 0.2) is 46.9 Å². The lowest BCUT2D eigenvalue weighted by Gasteiger charge is -2.13. The minimum atomic E-state index is -0.214. The van der Waals surface area contributed by atoms with Gasteiger partial charge in [0.1, 0.15) is 0 Å². The van der Waals surface area contributed by atoms with Crippen molar-refractivity contribution in [1.29, 1.82) is 0 Å². The van der Waals surface area contributed by atoms with E-state index in [0.29, 0.717) is 34.7 Å². The third-order valence-corrected chi connectivity index (χ3v) is 4.11. The van der Waals surface area contributed by atoms with Gasteiger partial charge in [-0.1, -0.05) is 30.3 Å². The molecular weight excluding hydrogens is 386 g/mol. The molecule has 2 aromatic rings. The Morgan fingerprint density at radius 1 is 1.16 bits per heavy atom. The van der Waals surface area contributed by atoms with E-state index in [0.717, 1.165) is 18.3 Å². The summed E-state index contributed by atoms with van der Waals surface area (Å²) in [6.45, 7) is 2.68. The van der Waals surface area contributed by atoms with Gasteiger partial charge in [0.15, 0.2) is 24.4 Å². The van der Waals surface area contributed by atoms with E-state index in [-0.39, 0.29) is 12.5 Å². The first-order valence-electron chi connectivity index (χ1n) is 7.99. The molecule has 1 amide bonds. The van der Waals surface area contributed by atoms with Crippen molar-refractivity contribution in [3.05, 3.63) is 58.1 Å². The van der Waals surface area contributed by atoms with E-state index in [1.165, 1.54) is 0 Å². The number of halogens is 1.